The van der Waals surface area contributed by atoms with Crippen molar-refractivity contribution in [2.75, 3.05) is 11.6 Å². The molecule has 1 aromatic carbocycles. The van der Waals surface area contributed by atoms with Crippen LogP contribution < -0.4 is 5.32 Å². The molecule has 10 heteroatoms. The van der Waals surface area contributed by atoms with Crippen molar-refractivity contribution in [1.29, 1.82) is 0 Å². The Bertz CT molecular complexity index is 845. The standard InChI is InChI=1S/C13H14N4O5S/c1-8(17-7-14-6-15-17)12(18)16-10-3-9(13(19)20)4-11(5-10)23(2,21)22/h3-8H,1-2H3,(H,16,18)(H,19,20). The lowest BCUT2D eigenvalue weighted by molar-refractivity contribution is -0.119. The molecule has 1 amide bonds. The van der Waals surface area contributed by atoms with E-state index in [1.165, 1.54) is 29.5 Å². The minimum atomic E-state index is -3.62. The number of carbonyl (C=O) groups excluding carboxylic acids is 1. The van der Waals surface area contributed by atoms with E-state index in [0.29, 0.717) is 0 Å². The average molecular weight is 338 g/mol. The summed E-state index contributed by atoms with van der Waals surface area (Å²) in [5, 5.41) is 15.4. The molecule has 122 valence electrons. The molecule has 23 heavy (non-hydrogen) atoms. The molecule has 0 aliphatic carbocycles. The van der Waals surface area contributed by atoms with Crippen LogP contribution in [0.25, 0.3) is 0 Å². The summed E-state index contributed by atoms with van der Waals surface area (Å²) in [7, 11) is -3.62. The van der Waals surface area contributed by atoms with Gasteiger partial charge in [0.2, 0.25) is 5.91 Å². The first-order valence-corrected chi connectivity index (χ1v) is 8.31. The van der Waals surface area contributed by atoms with E-state index in [1.54, 1.807) is 6.92 Å². The highest BCUT2D eigenvalue weighted by atomic mass is 32.2. The number of sulfone groups is 1. The molecule has 0 radical (unpaired) electrons. The van der Waals surface area contributed by atoms with E-state index in [1.807, 2.05) is 0 Å². The van der Waals surface area contributed by atoms with Crippen molar-refractivity contribution in [2.45, 2.75) is 17.9 Å². The number of aromatic nitrogens is 3. The van der Waals surface area contributed by atoms with Gasteiger partial charge in [0.25, 0.3) is 0 Å². The number of nitrogens with zero attached hydrogens (tertiary/aromatic N) is 3. The third-order valence-electron chi connectivity index (χ3n) is 3.06. The normalized spacial score (nSPS) is 12.6. The third kappa shape index (κ3) is 3.92. The molecule has 0 fully saturated rings. The summed E-state index contributed by atoms with van der Waals surface area (Å²) < 4.78 is 24.6. The van der Waals surface area contributed by atoms with Gasteiger partial charge in [0.15, 0.2) is 9.84 Å². The average Bonchev–Trinajstić information content (AvgIpc) is 2.99. The maximum absolute atomic E-state index is 12.2. The van der Waals surface area contributed by atoms with E-state index in [2.05, 4.69) is 15.4 Å². The fourth-order valence-corrected chi connectivity index (χ4v) is 2.48. The number of carboxylic acids is 1. The lowest BCUT2D eigenvalue weighted by atomic mass is 10.2. The smallest absolute Gasteiger partial charge is 0.335 e. The molecule has 9 nitrogen and oxygen atoms in total. The Hall–Kier alpha value is -2.75. The number of benzene rings is 1. The van der Waals surface area contributed by atoms with Gasteiger partial charge in [-0.05, 0) is 25.1 Å². The van der Waals surface area contributed by atoms with Gasteiger partial charge in [-0.1, -0.05) is 0 Å². The van der Waals surface area contributed by atoms with Crippen LogP contribution in [-0.4, -0.2) is 46.4 Å². The number of carbonyl (C=O) groups is 2. The van der Waals surface area contributed by atoms with Gasteiger partial charge >= 0.3 is 5.97 Å². The van der Waals surface area contributed by atoms with Gasteiger partial charge in [0.1, 0.15) is 18.7 Å². The summed E-state index contributed by atoms with van der Waals surface area (Å²) in [5.41, 5.74) is -0.168. The van der Waals surface area contributed by atoms with E-state index in [0.717, 1.165) is 12.3 Å². The molecule has 0 saturated carbocycles. The molecule has 0 bridgehead atoms. The Morgan fingerprint density at radius 1 is 1.30 bits per heavy atom. The monoisotopic (exact) mass is 338 g/mol. The lowest BCUT2D eigenvalue weighted by Gasteiger charge is -2.13. The highest BCUT2D eigenvalue weighted by Gasteiger charge is 2.18. The van der Waals surface area contributed by atoms with Crippen molar-refractivity contribution >= 4 is 27.4 Å². The van der Waals surface area contributed by atoms with Crippen LogP contribution in [0, 0.1) is 0 Å². The number of nitrogens with one attached hydrogen (secondary N) is 1. The summed E-state index contributed by atoms with van der Waals surface area (Å²) in [5.74, 6) is -1.78. The first-order valence-electron chi connectivity index (χ1n) is 6.42. The molecule has 2 N–H and O–H groups in total. The molecule has 1 atom stereocenters. The van der Waals surface area contributed by atoms with Crippen LogP contribution in [0.2, 0.25) is 0 Å². The zero-order valence-corrected chi connectivity index (χ0v) is 13.1. The van der Waals surface area contributed by atoms with Crippen LogP contribution in [0.3, 0.4) is 0 Å². The number of anilines is 1. The van der Waals surface area contributed by atoms with Gasteiger partial charge < -0.3 is 10.4 Å². The molecule has 0 aliphatic rings. The summed E-state index contributed by atoms with van der Waals surface area (Å²) >= 11 is 0. The van der Waals surface area contributed by atoms with E-state index in [9.17, 15) is 18.0 Å². The van der Waals surface area contributed by atoms with Gasteiger partial charge in [-0.3, -0.25) is 4.79 Å². The third-order valence-corrected chi connectivity index (χ3v) is 4.15. The first kappa shape index (κ1) is 16.6. The maximum atomic E-state index is 12.2. The summed E-state index contributed by atoms with van der Waals surface area (Å²) in [6.07, 6.45) is 3.59. The molecule has 1 unspecified atom stereocenters. The minimum absolute atomic E-state index is 0.0716. The zero-order valence-electron chi connectivity index (χ0n) is 12.3. The summed E-state index contributed by atoms with van der Waals surface area (Å²) in [6, 6.07) is 2.72. The van der Waals surface area contributed by atoms with E-state index in [-0.39, 0.29) is 16.1 Å². The van der Waals surface area contributed by atoms with Crippen molar-refractivity contribution < 1.29 is 23.1 Å². The van der Waals surface area contributed by atoms with Crippen LogP contribution >= 0.6 is 0 Å². The predicted octanol–water partition coefficient (Wildman–Crippen LogP) is 0.579. The Balaban J connectivity index is 2.34. The SMILES string of the molecule is CC(C(=O)Nc1cc(C(=O)O)cc(S(C)(=O)=O)c1)n1cncn1. The Kier molecular flexibility index (Phi) is 4.45. The fourth-order valence-electron chi connectivity index (χ4n) is 1.79. The van der Waals surface area contributed by atoms with Gasteiger partial charge in [0.05, 0.1) is 10.5 Å². The van der Waals surface area contributed by atoms with Crippen molar-refractivity contribution in [3.8, 4) is 0 Å². The second kappa shape index (κ2) is 6.16. The Morgan fingerprint density at radius 3 is 2.52 bits per heavy atom. The van der Waals surface area contributed by atoms with Crippen molar-refractivity contribution in [2.24, 2.45) is 0 Å². The number of hydrogen-bond donors (Lipinski definition) is 2. The van der Waals surface area contributed by atoms with Crippen LogP contribution in [0.15, 0.2) is 35.7 Å². The second-order valence-electron chi connectivity index (χ2n) is 4.86. The maximum Gasteiger partial charge on any atom is 0.335 e. The number of rotatable bonds is 5. The highest BCUT2D eigenvalue weighted by molar-refractivity contribution is 7.90. The molecular formula is C13H14N4O5S. The molecule has 0 saturated heterocycles. The van der Waals surface area contributed by atoms with Gasteiger partial charge in [-0.2, -0.15) is 5.10 Å². The van der Waals surface area contributed by atoms with E-state index >= 15 is 0 Å². The highest BCUT2D eigenvalue weighted by Crippen LogP contribution is 2.20. The molecule has 1 aromatic heterocycles. The van der Waals surface area contributed by atoms with E-state index in [4.69, 9.17) is 5.11 Å². The number of amides is 1. The summed E-state index contributed by atoms with van der Waals surface area (Å²) in [6.45, 7) is 1.57. The van der Waals surface area contributed by atoms with Gasteiger partial charge in [-0.25, -0.2) is 22.9 Å². The Morgan fingerprint density at radius 2 is 2.00 bits per heavy atom. The molecule has 2 aromatic rings. The minimum Gasteiger partial charge on any atom is -0.478 e. The van der Waals surface area contributed by atoms with Crippen molar-refractivity contribution in [3.05, 3.63) is 36.4 Å². The van der Waals surface area contributed by atoms with Gasteiger partial charge in [0, 0.05) is 11.9 Å². The van der Waals surface area contributed by atoms with Crippen LogP contribution in [0.1, 0.15) is 23.3 Å². The molecule has 0 aliphatic heterocycles. The fraction of sp³-hybridized carbons (Fsp3) is 0.231. The topological polar surface area (TPSA) is 131 Å². The first-order chi connectivity index (χ1) is 10.7. The molecular weight excluding hydrogens is 324 g/mol. The quantitative estimate of drug-likeness (QED) is 0.815. The number of hydrogen-bond acceptors (Lipinski definition) is 6. The molecule has 1 heterocycles. The van der Waals surface area contributed by atoms with Crippen LogP contribution in [0.5, 0.6) is 0 Å². The van der Waals surface area contributed by atoms with Crippen molar-refractivity contribution in [1.82, 2.24) is 14.8 Å². The number of carboxylic acid groups (broad SMARTS) is 1. The van der Waals surface area contributed by atoms with Crippen LogP contribution in [-0.2, 0) is 14.6 Å². The number of aromatic carboxylic acids is 1. The zero-order chi connectivity index (χ0) is 17.2. The molecule has 2 rings (SSSR count). The summed E-state index contributed by atoms with van der Waals surface area (Å²) in [4.78, 5) is 26.8. The van der Waals surface area contributed by atoms with Gasteiger partial charge in [-0.15, -0.1) is 0 Å². The van der Waals surface area contributed by atoms with Crippen molar-refractivity contribution in [3.63, 3.8) is 0 Å². The Labute approximate surface area is 131 Å². The second-order valence-corrected chi connectivity index (χ2v) is 6.88. The van der Waals surface area contributed by atoms with Crippen LogP contribution in [0.4, 0.5) is 5.69 Å². The lowest BCUT2D eigenvalue weighted by Crippen LogP contribution is -2.24. The molecule has 0 spiro atoms. The predicted molar refractivity (Wildman–Crippen MR) is 79.9 cm³/mol. The van der Waals surface area contributed by atoms with E-state index < -0.39 is 27.8 Å². The largest absolute Gasteiger partial charge is 0.478 e.